The number of likely N-dealkylation sites (N-methyl/N-ethyl adjacent to an activating group) is 6. The summed E-state index contributed by atoms with van der Waals surface area (Å²) in [6, 6.07) is -13.5. The number of nitrogens with zero attached hydrogens (tertiary/aromatic N) is 7. The zero-order valence-corrected chi connectivity index (χ0v) is 65.5. The lowest BCUT2D eigenvalue weighted by atomic mass is 9.83. The average Bonchev–Trinajstić information content (AvgIpc) is 0.821. The number of alkyl halides is 1. The molecule has 2 saturated heterocycles. The van der Waals surface area contributed by atoms with Crippen LogP contribution in [-0.2, 0) is 62.3 Å². The van der Waals surface area contributed by atoms with Crippen LogP contribution >= 0.6 is 11.6 Å². The van der Waals surface area contributed by atoms with Gasteiger partial charge in [0.15, 0.2) is 0 Å². The van der Waals surface area contributed by atoms with E-state index < -0.39 is 169 Å². The molecule has 14 atom stereocenters. The Balaban J connectivity index is 1.98. The van der Waals surface area contributed by atoms with Crippen LogP contribution in [0.5, 0.6) is 0 Å². The molecule has 0 radical (unpaired) electrons. The highest BCUT2D eigenvalue weighted by atomic mass is 35.5. The summed E-state index contributed by atoms with van der Waals surface area (Å²) in [5.41, 5.74) is 0. The Labute approximate surface area is 612 Å². The highest BCUT2D eigenvalue weighted by molar-refractivity contribution is 6.20. The number of ether oxygens (including phenoxy) is 1. The Kier molecular flexibility index (Phi) is 36.4. The van der Waals surface area contributed by atoms with Crippen LogP contribution in [0.4, 0.5) is 0 Å². The van der Waals surface area contributed by atoms with E-state index in [1.807, 2.05) is 55.4 Å². The lowest BCUT2D eigenvalue weighted by Gasteiger charge is -2.39. The Bertz CT molecular complexity index is 2800. The van der Waals surface area contributed by atoms with Gasteiger partial charge in [0.25, 0.3) is 0 Å². The standard InChI is InChI=1S/C74H129ClN12O15/c1-43(2)32-53-69(96)83(15)58(35-46(7)8)68(95)80-64(49(12)89)73(100)81(13)40-62(91)82(14)56(33-44(3)4)65(92)78-55(42-102-41-48(11)88)70(97)86(18)60(38-51-28-25-29-52(75)36-51)72(99)84(16)57(34-45(5)6)66(93)77-54(71(98)87-30-23-20-24-31-87)39-61(90)79-63(47(9)10)74(101)85(17)59(67(94)76-53)37-50-26-21-19-22-27-50/h43-60,63-64,88-89H,19-42H2,1-18H3,(H,76,94)(H,77,93)(H,78,92)(H,79,90)(H,80,95)/t48-,49+,51?,52?,53-,54-,55-,56-,57-,58-,59-,60-,63+,64-/m0/s1. The van der Waals surface area contributed by atoms with Crippen molar-refractivity contribution in [2.75, 3.05) is 75.1 Å². The van der Waals surface area contributed by atoms with E-state index in [9.17, 15) is 39.0 Å². The number of aliphatic hydroxyl groups is 2. The van der Waals surface area contributed by atoms with E-state index in [-0.39, 0.29) is 86.0 Å². The van der Waals surface area contributed by atoms with Crippen molar-refractivity contribution in [1.29, 1.82) is 0 Å². The summed E-state index contributed by atoms with van der Waals surface area (Å²) >= 11 is 6.79. The molecule has 0 spiro atoms. The normalized spacial score (nSPS) is 28.6. The third-order valence-corrected chi connectivity index (χ3v) is 21.0. The number of aliphatic hydroxyl groups excluding tert-OH is 2. The first-order valence-electron chi connectivity index (χ1n) is 37.7. The van der Waals surface area contributed by atoms with Crippen molar-refractivity contribution < 1.29 is 72.5 Å². The molecule has 4 fully saturated rings. The Morgan fingerprint density at radius 2 is 0.941 bits per heavy atom. The lowest BCUT2D eigenvalue weighted by molar-refractivity contribution is -0.152. The van der Waals surface area contributed by atoms with Gasteiger partial charge in [-0.05, 0) is 126 Å². The van der Waals surface area contributed by atoms with Gasteiger partial charge >= 0.3 is 0 Å². The van der Waals surface area contributed by atoms with E-state index in [0.717, 1.165) is 61.2 Å². The van der Waals surface area contributed by atoms with Crippen LogP contribution < -0.4 is 26.6 Å². The number of carbonyl (C=O) groups excluding carboxylic acids is 12. The third kappa shape index (κ3) is 26.7. The summed E-state index contributed by atoms with van der Waals surface area (Å²) < 4.78 is 5.85. The minimum Gasteiger partial charge on any atom is -0.391 e. The molecule has 2 aliphatic carbocycles. The van der Waals surface area contributed by atoms with Crippen molar-refractivity contribution in [3.63, 3.8) is 0 Å². The minimum atomic E-state index is -1.66. The number of carbonyl (C=O) groups is 12. The minimum absolute atomic E-state index is 0.0119. The average molecular weight is 1460 g/mol. The van der Waals surface area contributed by atoms with Crippen LogP contribution in [-0.4, -0.2) is 269 Å². The molecule has 582 valence electrons. The fourth-order valence-corrected chi connectivity index (χ4v) is 14.9. The quantitative estimate of drug-likeness (QED) is 0.0892. The van der Waals surface area contributed by atoms with Gasteiger partial charge in [-0.3, -0.25) is 57.5 Å². The fraction of sp³-hybridized carbons (Fsp3) is 0.838. The highest BCUT2D eigenvalue weighted by Gasteiger charge is 2.45. The predicted octanol–water partition coefficient (Wildman–Crippen LogP) is 4.20. The number of nitrogens with one attached hydrogen (secondary N) is 5. The van der Waals surface area contributed by atoms with Crippen LogP contribution in [0.1, 0.15) is 205 Å². The van der Waals surface area contributed by atoms with E-state index in [1.165, 1.54) is 75.7 Å². The maximum Gasteiger partial charge on any atom is 0.248 e. The largest absolute Gasteiger partial charge is 0.391 e. The van der Waals surface area contributed by atoms with Crippen molar-refractivity contribution in [3.8, 4) is 0 Å². The molecule has 4 rings (SSSR count). The number of rotatable bonds is 19. The molecule has 0 aromatic heterocycles. The Hall–Kier alpha value is -6.19. The molecular formula is C74H129ClN12O15. The number of halogens is 1. The molecule has 2 saturated carbocycles. The van der Waals surface area contributed by atoms with Crippen LogP contribution in [0.3, 0.4) is 0 Å². The second-order valence-electron chi connectivity index (χ2n) is 31.9. The third-order valence-electron chi connectivity index (χ3n) is 20.6. The van der Waals surface area contributed by atoms with Gasteiger partial charge in [-0.25, -0.2) is 0 Å². The molecule has 102 heavy (non-hydrogen) atoms. The highest BCUT2D eigenvalue weighted by Crippen LogP contribution is 2.34. The van der Waals surface area contributed by atoms with Gasteiger partial charge < -0.3 is 75.8 Å². The van der Waals surface area contributed by atoms with Crippen LogP contribution in [0.2, 0.25) is 0 Å². The van der Waals surface area contributed by atoms with Gasteiger partial charge in [-0.2, -0.15) is 0 Å². The number of hydrogen-bond acceptors (Lipinski definition) is 15. The second kappa shape index (κ2) is 42.1. The first-order valence-corrected chi connectivity index (χ1v) is 38.1. The monoisotopic (exact) mass is 1460 g/mol. The molecule has 0 aromatic carbocycles. The van der Waals surface area contributed by atoms with Gasteiger partial charge in [0.1, 0.15) is 60.4 Å². The fourth-order valence-electron chi connectivity index (χ4n) is 14.5. The predicted molar refractivity (Wildman–Crippen MR) is 389 cm³/mol. The number of likely N-dealkylation sites (tertiary alicyclic amines) is 1. The molecule has 12 amide bonds. The maximum absolute atomic E-state index is 15.7. The summed E-state index contributed by atoms with van der Waals surface area (Å²) in [5.74, 6) is -10.3. The molecule has 0 bridgehead atoms. The van der Waals surface area contributed by atoms with Crippen molar-refractivity contribution in [1.82, 2.24) is 60.9 Å². The van der Waals surface area contributed by atoms with Gasteiger partial charge in [0, 0.05) is 60.8 Å². The van der Waals surface area contributed by atoms with Crippen molar-refractivity contribution in [3.05, 3.63) is 0 Å². The number of hydrogen-bond donors (Lipinski definition) is 7. The summed E-state index contributed by atoms with van der Waals surface area (Å²) in [7, 11) is 8.41. The summed E-state index contributed by atoms with van der Waals surface area (Å²) in [6.45, 7) is 20.3. The van der Waals surface area contributed by atoms with Crippen molar-refractivity contribution in [2.45, 2.75) is 283 Å². The van der Waals surface area contributed by atoms with Gasteiger partial charge in [0.2, 0.25) is 70.9 Å². The summed E-state index contributed by atoms with van der Waals surface area (Å²) in [4.78, 5) is 189. The molecule has 2 aliphatic heterocycles. The molecular weight excluding hydrogens is 1330 g/mol. The SMILES string of the molecule is CC(C)C[C@@H]1NC(=O)[C@H](CC2CCCCC2)N(C)C(=O)[C@@H](C(C)C)NC(=O)C[C@@H](C(=O)N2CCCCC2)NC(=O)[C@H](CC(C)C)N(C)C(=O)[C@H](CC2CCCC(Cl)C2)N(C)C(=O)[C@H](COC[C@H](C)O)NC(=O)[C@H](CC(C)C)N(C)C(=O)CN(C)C(=O)[C@H]([C@@H](C)O)NC(=O)[C@H](CC(C)C)N(C)C1=O. The molecule has 2 heterocycles. The first-order chi connectivity index (χ1) is 47.7. The Morgan fingerprint density at radius 3 is 1.47 bits per heavy atom. The van der Waals surface area contributed by atoms with Gasteiger partial charge in [-0.1, -0.05) is 114 Å². The van der Waals surface area contributed by atoms with E-state index in [1.54, 1.807) is 18.7 Å². The maximum atomic E-state index is 15.7. The molecule has 0 aromatic rings. The molecule has 27 nitrogen and oxygen atoms in total. The van der Waals surface area contributed by atoms with Crippen LogP contribution in [0, 0.1) is 41.4 Å². The van der Waals surface area contributed by atoms with E-state index >= 15 is 28.8 Å². The number of piperidine rings is 1. The van der Waals surface area contributed by atoms with Crippen molar-refractivity contribution >= 4 is 82.5 Å². The smallest absolute Gasteiger partial charge is 0.248 e. The summed E-state index contributed by atoms with van der Waals surface area (Å²) in [6.07, 6.45) is 6.65. The lowest BCUT2D eigenvalue weighted by Crippen LogP contribution is -2.62. The van der Waals surface area contributed by atoms with Gasteiger partial charge in [-0.15, -0.1) is 11.6 Å². The zero-order chi connectivity index (χ0) is 76.7. The van der Waals surface area contributed by atoms with E-state index in [2.05, 4.69) is 26.6 Å². The summed E-state index contributed by atoms with van der Waals surface area (Å²) in [5, 5.41) is 35.5. The Morgan fingerprint density at radius 1 is 0.480 bits per heavy atom. The second-order valence-corrected chi connectivity index (χ2v) is 32.5. The molecule has 4 aliphatic rings. The van der Waals surface area contributed by atoms with Crippen molar-refractivity contribution in [2.24, 2.45) is 41.4 Å². The molecule has 2 unspecified atom stereocenters. The number of amides is 12. The first kappa shape index (κ1) is 88.2. The zero-order valence-electron chi connectivity index (χ0n) is 64.7. The molecule has 7 N–H and O–H groups in total. The van der Waals surface area contributed by atoms with Gasteiger partial charge in [0.05, 0.1) is 38.4 Å². The topological polar surface area (TPSA) is 337 Å². The van der Waals surface area contributed by atoms with Crippen LogP contribution in [0.15, 0.2) is 0 Å². The van der Waals surface area contributed by atoms with Crippen LogP contribution in [0.25, 0.3) is 0 Å². The van der Waals surface area contributed by atoms with E-state index in [0.29, 0.717) is 38.8 Å². The van der Waals surface area contributed by atoms with E-state index in [4.69, 9.17) is 16.3 Å². The molecule has 28 heteroatoms.